The minimum absolute atomic E-state index is 0.0221. The molecule has 5 nitrogen and oxygen atoms in total. The second-order valence-electron chi connectivity index (χ2n) is 5.20. The summed E-state index contributed by atoms with van der Waals surface area (Å²) in [6.45, 7) is 5.61. The molecule has 3 N–H and O–H groups in total. The van der Waals surface area contributed by atoms with Crippen LogP contribution in [0.5, 0.6) is 0 Å². The largest absolute Gasteiger partial charge is 0.326 e. The molecule has 6 heteroatoms. The Bertz CT molecular complexity index is 515. The average Bonchev–Trinajstić information content (AvgIpc) is 2.38. The Morgan fingerprint density at radius 2 is 1.85 bits per heavy atom. The zero-order chi connectivity index (χ0) is 15.2. The molecule has 20 heavy (non-hydrogen) atoms. The predicted octanol–water partition coefficient (Wildman–Crippen LogP) is 0.905. The lowest BCUT2D eigenvalue weighted by Crippen LogP contribution is -2.36. The summed E-state index contributed by atoms with van der Waals surface area (Å²) >= 11 is 0. The lowest BCUT2D eigenvalue weighted by Gasteiger charge is -2.21. The number of benzene rings is 1. The summed E-state index contributed by atoms with van der Waals surface area (Å²) < 4.78 is 26.7. The number of sulfonamides is 1. The molecule has 0 aliphatic heterocycles. The average molecular weight is 299 g/mol. The molecule has 1 aromatic rings. The number of nitrogens with one attached hydrogen (secondary N) is 1. The van der Waals surface area contributed by atoms with Crippen molar-refractivity contribution in [3.8, 4) is 0 Å². The summed E-state index contributed by atoms with van der Waals surface area (Å²) in [6, 6.07) is 7.76. The molecule has 0 amide bonds. The van der Waals surface area contributed by atoms with E-state index in [2.05, 4.69) is 23.5 Å². The van der Waals surface area contributed by atoms with Gasteiger partial charge in [-0.15, -0.1) is 0 Å². The van der Waals surface area contributed by atoms with Gasteiger partial charge in [0.1, 0.15) is 0 Å². The number of hydrogen-bond donors (Lipinski definition) is 2. The van der Waals surface area contributed by atoms with Crippen molar-refractivity contribution in [1.29, 1.82) is 0 Å². The van der Waals surface area contributed by atoms with Gasteiger partial charge in [-0.3, -0.25) is 0 Å². The third-order valence-electron chi connectivity index (χ3n) is 3.35. The lowest BCUT2D eigenvalue weighted by molar-refractivity contribution is 0.278. The van der Waals surface area contributed by atoms with Crippen molar-refractivity contribution in [2.45, 2.75) is 32.2 Å². The maximum absolute atomic E-state index is 12.0. The molecule has 0 radical (unpaired) electrons. The van der Waals surface area contributed by atoms with Crippen LogP contribution in [0.4, 0.5) is 0 Å². The molecule has 0 bridgehead atoms. The molecule has 1 aromatic carbocycles. The van der Waals surface area contributed by atoms with Crippen molar-refractivity contribution in [3.63, 3.8) is 0 Å². The van der Waals surface area contributed by atoms with Gasteiger partial charge in [0.25, 0.3) is 0 Å². The highest BCUT2D eigenvalue weighted by Gasteiger charge is 2.13. The fourth-order valence-electron chi connectivity index (χ4n) is 1.79. The fraction of sp³-hybridized carbons (Fsp3) is 0.571. The molecular formula is C14H25N3O2S. The Kier molecular flexibility index (Phi) is 6.61. The third kappa shape index (κ3) is 5.58. The number of hydrogen-bond acceptors (Lipinski definition) is 4. The Balaban J connectivity index is 2.57. The van der Waals surface area contributed by atoms with E-state index < -0.39 is 10.0 Å². The minimum atomic E-state index is -3.32. The minimum Gasteiger partial charge on any atom is -0.326 e. The van der Waals surface area contributed by atoms with Gasteiger partial charge in [0.2, 0.25) is 10.0 Å². The maximum Gasteiger partial charge on any atom is 0.215 e. The van der Waals surface area contributed by atoms with Gasteiger partial charge >= 0.3 is 0 Å². The van der Waals surface area contributed by atoms with Crippen molar-refractivity contribution in [2.75, 3.05) is 20.1 Å². The smallest absolute Gasteiger partial charge is 0.215 e. The summed E-state index contributed by atoms with van der Waals surface area (Å²) in [5.74, 6) is -0.0221. The first-order valence-corrected chi connectivity index (χ1v) is 8.45. The molecule has 0 saturated heterocycles. The van der Waals surface area contributed by atoms with Gasteiger partial charge < -0.3 is 10.6 Å². The molecule has 0 aliphatic rings. The van der Waals surface area contributed by atoms with E-state index in [1.807, 2.05) is 31.3 Å². The van der Waals surface area contributed by atoms with Crippen LogP contribution in [-0.4, -0.2) is 39.5 Å². The lowest BCUT2D eigenvalue weighted by atomic mass is 10.1. The van der Waals surface area contributed by atoms with Crippen LogP contribution in [0.25, 0.3) is 0 Å². The highest BCUT2D eigenvalue weighted by molar-refractivity contribution is 7.88. The quantitative estimate of drug-likeness (QED) is 0.748. The Morgan fingerprint density at radius 1 is 1.25 bits per heavy atom. The fourth-order valence-corrected chi connectivity index (χ4v) is 2.98. The topological polar surface area (TPSA) is 75.4 Å². The molecule has 0 aliphatic carbocycles. The van der Waals surface area contributed by atoms with E-state index in [1.165, 1.54) is 0 Å². The zero-order valence-corrected chi connectivity index (χ0v) is 13.3. The van der Waals surface area contributed by atoms with Crippen LogP contribution in [0.15, 0.2) is 24.3 Å². The summed E-state index contributed by atoms with van der Waals surface area (Å²) in [5.41, 5.74) is 7.26. The molecule has 0 saturated carbocycles. The molecular weight excluding hydrogens is 274 g/mol. The van der Waals surface area contributed by atoms with E-state index in [1.54, 1.807) is 0 Å². The molecule has 0 heterocycles. The number of likely N-dealkylation sites (N-methyl/N-ethyl adjacent to an activating group) is 1. The van der Waals surface area contributed by atoms with Gasteiger partial charge in [0.15, 0.2) is 0 Å². The molecule has 1 rings (SSSR count). The van der Waals surface area contributed by atoms with E-state index in [-0.39, 0.29) is 5.75 Å². The second kappa shape index (κ2) is 7.73. The molecule has 0 spiro atoms. The predicted molar refractivity (Wildman–Crippen MR) is 82.7 cm³/mol. The van der Waals surface area contributed by atoms with E-state index in [4.69, 9.17) is 5.73 Å². The molecule has 114 valence electrons. The molecule has 0 atom stereocenters. The maximum atomic E-state index is 12.0. The van der Waals surface area contributed by atoms with Crippen molar-refractivity contribution in [1.82, 2.24) is 9.62 Å². The van der Waals surface area contributed by atoms with E-state index in [0.29, 0.717) is 25.7 Å². The van der Waals surface area contributed by atoms with Crippen LogP contribution in [0.2, 0.25) is 0 Å². The van der Waals surface area contributed by atoms with Crippen molar-refractivity contribution in [3.05, 3.63) is 35.4 Å². The van der Waals surface area contributed by atoms with Crippen LogP contribution in [0, 0.1) is 0 Å². The Morgan fingerprint density at radius 3 is 2.40 bits per heavy atom. The zero-order valence-electron chi connectivity index (χ0n) is 12.5. The van der Waals surface area contributed by atoms with Gasteiger partial charge in [0, 0.05) is 25.7 Å². The van der Waals surface area contributed by atoms with Gasteiger partial charge in [-0.25, -0.2) is 13.1 Å². The van der Waals surface area contributed by atoms with Crippen molar-refractivity contribution in [2.24, 2.45) is 5.73 Å². The standard InChI is InChI=1S/C14H25N3O2S/c1-12(2)17(3)9-8-16-20(18,19)11-14-7-5-4-6-13(14)10-15/h4-7,12,16H,8-11,15H2,1-3H3. The highest BCUT2D eigenvalue weighted by Crippen LogP contribution is 2.11. The first kappa shape index (κ1) is 17.1. The third-order valence-corrected chi connectivity index (χ3v) is 4.69. The van der Waals surface area contributed by atoms with Crippen molar-refractivity contribution < 1.29 is 8.42 Å². The first-order valence-electron chi connectivity index (χ1n) is 6.80. The van der Waals surface area contributed by atoms with Crippen LogP contribution in [0.3, 0.4) is 0 Å². The first-order chi connectivity index (χ1) is 9.35. The number of rotatable bonds is 8. The summed E-state index contributed by atoms with van der Waals surface area (Å²) in [6.07, 6.45) is 0. The number of nitrogens with zero attached hydrogens (tertiary/aromatic N) is 1. The van der Waals surface area contributed by atoms with Gasteiger partial charge in [-0.05, 0) is 32.0 Å². The summed E-state index contributed by atoms with van der Waals surface area (Å²) in [4.78, 5) is 2.09. The molecule has 0 unspecified atom stereocenters. The van der Waals surface area contributed by atoms with Gasteiger partial charge in [-0.1, -0.05) is 24.3 Å². The van der Waals surface area contributed by atoms with E-state index >= 15 is 0 Å². The van der Waals surface area contributed by atoms with Crippen LogP contribution in [-0.2, 0) is 22.3 Å². The van der Waals surface area contributed by atoms with Crippen LogP contribution >= 0.6 is 0 Å². The monoisotopic (exact) mass is 299 g/mol. The Labute approximate surface area is 122 Å². The highest BCUT2D eigenvalue weighted by atomic mass is 32.2. The summed E-state index contributed by atoms with van der Waals surface area (Å²) in [7, 11) is -1.35. The van der Waals surface area contributed by atoms with Crippen LogP contribution in [0.1, 0.15) is 25.0 Å². The second-order valence-corrected chi connectivity index (χ2v) is 7.01. The van der Waals surface area contributed by atoms with E-state index in [0.717, 1.165) is 11.1 Å². The normalized spacial score (nSPS) is 12.3. The Hall–Kier alpha value is -0.950. The summed E-state index contributed by atoms with van der Waals surface area (Å²) in [5, 5.41) is 0. The molecule has 0 fully saturated rings. The van der Waals surface area contributed by atoms with Gasteiger partial charge in [0.05, 0.1) is 5.75 Å². The molecule has 0 aromatic heterocycles. The SMILES string of the molecule is CC(C)N(C)CCNS(=O)(=O)Cc1ccccc1CN. The van der Waals surface area contributed by atoms with Crippen molar-refractivity contribution >= 4 is 10.0 Å². The van der Waals surface area contributed by atoms with Crippen LogP contribution < -0.4 is 10.5 Å². The number of nitrogens with two attached hydrogens (primary N) is 1. The van der Waals surface area contributed by atoms with Gasteiger partial charge in [-0.2, -0.15) is 0 Å². The van der Waals surface area contributed by atoms with E-state index in [9.17, 15) is 8.42 Å².